The molecule has 1 rings (SSSR count). The first-order valence-corrected chi connectivity index (χ1v) is 5.90. The average molecular weight is 248 g/mol. The van der Waals surface area contributed by atoms with Gasteiger partial charge in [-0.1, -0.05) is 6.92 Å². The Morgan fingerprint density at radius 2 is 1.88 bits per heavy atom. The Bertz CT molecular complexity index is 285. The highest BCUT2D eigenvalue weighted by Gasteiger charge is 2.36. The van der Waals surface area contributed by atoms with Crippen LogP contribution in [0.4, 0.5) is 13.2 Å². The maximum atomic E-state index is 12.2. The van der Waals surface area contributed by atoms with Crippen molar-refractivity contribution in [2.24, 2.45) is 5.41 Å². The van der Waals surface area contributed by atoms with E-state index in [1.165, 1.54) is 11.9 Å². The van der Waals surface area contributed by atoms with Crippen molar-refractivity contribution in [1.29, 1.82) is 5.26 Å². The molecular weight excluding hydrogens is 229 g/mol. The summed E-state index contributed by atoms with van der Waals surface area (Å²) >= 11 is 0. The van der Waals surface area contributed by atoms with Gasteiger partial charge in [0.1, 0.15) is 0 Å². The number of hydrogen-bond donors (Lipinski definition) is 0. The Kier molecular flexibility index (Phi) is 4.42. The lowest BCUT2D eigenvalue weighted by molar-refractivity contribution is -0.149. The van der Waals surface area contributed by atoms with Crippen molar-refractivity contribution < 1.29 is 13.2 Å². The summed E-state index contributed by atoms with van der Waals surface area (Å²) in [5, 5.41) is 8.70. The number of alkyl halides is 3. The molecule has 5 heteroatoms. The van der Waals surface area contributed by atoms with Crippen LogP contribution >= 0.6 is 0 Å². The lowest BCUT2D eigenvalue weighted by Gasteiger charge is -2.39. The van der Waals surface area contributed by atoms with Crippen molar-refractivity contribution in [3.8, 4) is 6.07 Å². The molecule has 0 aromatic heterocycles. The SMILES string of the molecule is CN(CC(F)(F)F)[C@H]1CC[C@@](C)(CC#N)CC1. The minimum Gasteiger partial charge on any atom is -0.295 e. The highest BCUT2D eigenvalue weighted by molar-refractivity contribution is 4.91. The van der Waals surface area contributed by atoms with Crippen LogP contribution in [0.2, 0.25) is 0 Å². The fourth-order valence-electron chi connectivity index (χ4n) is 2.52. The van der Waals surface area contributed by atoms with E-state index in [4.69, 9.17) is 5.26 Å². The molecule has 2 nitrogen and oxygen atoms in total. The maximum absolute atomic E-state index is 12.2. The van der Waals surface area contributed by atoms with E-state index in [1.54, 1.807) is 0 Å². The third kappa shape index (κ3) is 4.55. The summed E-state index contributed by atoms with van der Waals surface area (Å²) in [4.78, 5) is 1.39. The molecule has 0 aromatic carbocycles. The highest BCUT2D eigenvalue weighted by Crippen LogP contribution is 2.40. The number of nitriles is 1. The number of rotatable bonds is 3. The molecule has 1 saturated carbocycles. The Balaban J connectivity index is 2.44. The molecule has 0 radical (unpaired) electrons. The van der Waals surface area contributed by atoms with E-state index in [0.717, 1.165) is 25.7 Å². The van der Waals surface area contributed by atoms with Gasteiger partial charge in [0.25, 0.3) is 0 Å². The van der Waals surface area contributed by atoms with Crippen LogP contribution in [0.25, 0.3) is 0 Å². The van der Waals surface area contributed by atoms with E-state index >= 15 is 0 Å². The zero-order valence-electron chi connectivity index (χ0n) is 10.3. The lowest BCUT2D eigenvalue weighted by atomic mass is 9.72. The van der Waals surface area contributed by atoms with E-state index in [9.17, 15) is 13.2 Å². The van der Waals surface area contributed by atoms with Gasteiger partial charge in [-0.25, -0.2) is 0 Å². The number of hydrogen-bond acceptors (Lipinski definition) is 2. The van der Waals surface area contributed by atoms with Gasteiger partial charge in [-0.05, 0) is 38.1 Å². The topological polar surface area (TPSA) is 27.0 Å². The van der Waals surface area contributed by atoms with Crippen LogP contribution in [0.5, 0.6) is 0 Å². The first kappa shape index (κ1) is 14.3. The van der Waals surface area contributed by atoms with Gasteiger partial charge in [-0.15, -0.1) is 0 Å². The van der Waals surface area contributed by atoms with Crippen molar-refractivity contribution in [2.75, 3.05) is 13.6 Å². The van der Waals surface area contributed by atoms with Crippen LogP contribution in [0.15, 0.2) is 0 Å². The lowest BCUT2D eigenvalue weighted by Crippen LogP contribution is -2.42. The van der Waals surface area contributed by atoms with Gasteiger partial charge >= 0.3 is 6.18 Å². The molecule has 0 spiro atoms. The molecule has 0 aliphatic heterocycles. The molecule has 98 valence electrons. The summed E-state index contributed by atoms with van der Waals surface area (Å²) < 4.78 is 36.7. The van der Waals surface area contributed by atoms with E-state index in [1.807, 2.05) is 0 Å². The number of nitrogens with zero attached hydrogens (tertiary/aromatic N) is 2. The Labute approximate surface area is 100 Å². The van der Waals surface area contributed by atoms with E-state index in [-0.39, 0.29) is 11.5 Å². The van der Waals surface area contributed by atoms with Crippen molar-refractivity contribution in [3.63, 3.8) is 0 Å². The van der Waals surface area contributed by atoms with Gasteiger partial charge in [0.15, 0.2) is 0 Å². The fourth-order valence-corrected chi connectivity index (χ4v) is 2.52. The molecule has 0 N–H and O–H groups in total. The minimum atomic E-state index is -4.12. The Morgan fingerprint density at radius 1 is 1.35 bits per heavy atom. The molecular formula is C12H19F3N2. The molecule has 0 bridgehead atoms. The predicted octanol–water partition coefficient (Wildman–Crippen LogP) is 3.34. The van der Waals surface area contributed by atoms with Crippen LogP contribution in [-0.2, 0) is 0 Å². The molecule has 1 fully saturated rings. The third-order valence-electron chi connectivity index (χ3n) is 3.72. The van der Waals surface area contributed by atoms with E-state index in [2.05, 4.69) is 13.0 Å². The maximum Gasteiger partial charge on any atom is 0.401 e. The average Bonchev–Trinajstić information content (AvgIpc) is 2.15. The number of halogens is 3. The van der Waals surface area contributed by atoms with Crippen LogP contribution in [-0.4, -0.2) is 30.7 Å². The molecule has 0 saturated heterocycles. The molecule has 0 amide bonds. The molecule has 0 unspecified atom stereocenters. The summed E-state index contributed by atoms with van der Waals surface area (Å²) in [6.07, 6.45) is -0.429. The first-order chi connectivity index (χ1) is 7.76. The molecule has 0 aromatic rings. The summed E-state index contributed by atoms with van der Waals surface area (Å²) in [6, 6.07) is 2.17. The van der Waals surface area contributed by atoms with Crippen LogP contribution in [0, 0.1) is 16.7 Å². The van der Waals surface area contributed by atoms with Crippen molar-refractivity contribution in [3.05, 3.63) is 0 Å². The molecule has 1 aliphatic carbocycles. The Hall–Kier alpha value is -0.760. The van der Waals surface area contributed by atoms with Gasteiger partial charge in [-0.3, -0.25) is 4.90 Å². The van der Waals surface area contributed by atoms with E-state index < -0.39 is 12.7 Å². The van der Waals surface area contributed by atoms with Gasteiger partial charge in [0, 0.05) is 12.5 Å². The minimum absolute atomic E-state index is 0.00314. The van der Waals surface area contributed by atoms with Crippen molar-refractivity contribution in [2.45, 2.75) is 51.2 Å². The van der Waals surface area contributed by atoms with Gasteiger partial charge in [-0.2, -0.15) is 18.4 Å². The second kappa shape index (κ2) is 5.26. The van der Waals surface area contributed by atoms with Crippen LogP contribution in [0.3, 0.4) is 0 Å². The molecule has 1 aliphatic rings. The van der Waals surface area contributed by atoms with Gasteiger partial charge in [0.05, 0.1) is 12.6 Å². The zero-order chi connectivity index (χ0) is 13.1. The quantitative estimate of drug-likeness (QED) is 0.766. The van der Waals surface area contributed by atoms with Crippen molar-refractivity contribution >= 4 is 0 Å². The molecule has 0 heterocycles. The first-order valence-electron chi connectivity index (χ1n) is 5.90. The van der Waals surface area contributed by atoms with Crippen LogP contribution < -0.4 is 0 Å². The normalized spacial score (nSPS) is 30.3. The third-order valence-corrected chi connectivity index (χ3v) is 3.72. The highest BCUT2D eigenvalue weighted by atomic mass is 19.4. The van der Waals surface area contributed by atoms with Crippen molar-refractivity contribution in [1.82, 2.24) is 4.90 Å². The Morgan fingerprint density at radius 3 is 2.29 bits per heavy atom. The van der Waals surface area contributed by atoms with Crippen LogP contribution in [0.1, 0.15) is 39.0 Å². The van der Waals surface area contributed by atoms with E-state index in [0.29, 0.717) is 6.42 Å². The smallest absolute Gasteiger partial charge is 0.295 e. The summed E-state index contributed by atoms with van der Waals surface area (Å²) in [7, 11) is 1.53. The summed E-state index contributed by atoms with van der Waals surface area (Å²) in [5.41, 5.74) is 0.00429. The second-order valence-corrected chi connectivity index (χ2v) is 5.41. The molecule has 0 atom stereocenters. The summed E-state index contributed by atoms with van der Waals surface area (Å²) in [5.74, 6) is 0. The van der Waals surface area contributed by atoms with Gasteiger partial charge < -0.3 is 0 Å². The molecule has 17 heavy (non-hydrogen) atoms. The zero-order valence-corrected chi connectivity index (χ0v) is 10.3. The summed E-state index contributed by atoms with van der Waals surface area (Å²) in [6.45, 7) is 1.21. The second-order valence-electron chi connectivity index (χ2n) is 5.41. The monoisotopic (exact) mass is 248 g/mol. The fraction of sp³-hybridized carbons (Fsp3) is 0.917. The largest absolute Gasteiger partial charge is 0.401 e. The predicted molar refractivity (Wildman–Crippen MR) is 59.3 cm³/mol. The van der Waals surface area contributed by atoms with Gasteiger partial charge in [0.2, 0.25) is 0 Å². The standard InChI is InChI=1S/C12H19F3N2/c1-11(7-8-16)5-3-10(4-6-11)17(2)9-12(13,14)15/h10H,3-7,9H2,1-2H3/t10-,11+.